The average molecular weight is 284 g/mol. The number of fused-ring (bicyclic) bond motifs is 1. The largest absolute Gasteiger partial charge is 0.305 e. The van der Waals surface area contributed by atoms with Crippen LogP contribution in [0.15, 0.2) is 24.3 Å². The zero-order valence-corrected chi connectivity index (χ0v) is 12.3. The molecule has 1 amide bonds. The highest BCUT2D eigenvalue weighted by molar-refractivity contribution is 6.04. The van der Waals surface area contributed by atoms with Crippen molar-refractivity contribution >= 4 is 11.6 Å². The summed E-state index contributed by atoms with van der Waals surface area (Å²) in [5.74, 6) is 0.946. The number of para-hydroxylation sites is 1. The summed E-state index contributed by atoms with van der Waals surface area (Å²) < 4.78 is 0. The van der Waals surface area contributed by atoms with Gasteiger partial charge in [-0.25, -0.2) is 4.98 Å². The number of rotatable bonds is 3. The molecule has 0 saturated carbocycles. The molecule has 0 atom stereocenters. The van der Waals surface area contributed by atoms with Crippen LogP contribution in [0.1, 0.15) is 48.2 Å². The van der Waals surface area contributed by atoms with Gasteiger partial charge in [0.2, 0.25) is 5.82 Å². The number of aromatic nitrogens is 3. The van der Waals surface area contributed by atoms with E-state index < -0.39 is 0 Å². The van der Waals surface area contributed by atoms with Crippen molar-refractivity contribution in [1.82, 2.24) is 15.2 Å². The molecule has 3 rings (SSSR count). The van der Waals surface area contributed by atoms with Gasteiger partial charge in [0.05, 0.1) is 0 Å². The van der Waals surface area contributed by atoms with Crippen LogP contribution in [-0.4, -0.2) is 27.6 Å². The van der Waals surface area contributed by atoms with Gasteiger partial charge in [-0.15, -0.1) is 5.10 Å². The quantitative estimate of drug-likeness (QED) is 0.942. The minimum atomic E-state index is -0.108. The molecule has 1 aliphatic rings. The van der Waals surface area contributed by atoms with Gasteiger partial charge >= 0.3 is 0 Å². The van der Waals surface area contributed by atoms with Crippen LogP contribution >= 0.6 is 0 Å². The van der Waals surface area contributed by atoms with Crippen molar-refractivity contribution in [2.45, 2.75) is 39.0 Å². The van der Waals surface area contributed by atoms with Crippen LogP contribution in [0.3, 0.4) is 0 Å². The van der Waals surface area contributed by atoms with E-state index in [1.54, 1.807) is 0 Å². The molecule has 2 heterocycles. The Morgan fingerprint density at radius 2 is 2.19 bits per heavy atom. The third-order valence-corrected chi connectivity index (χ3v) is 3.82. The maximum atomic E-state index is 12.7. The summed E-state index contributed by atoms with van der Waals surface area (Å²) in [5, 5.41) is 6.94. The Hall–Kier alpha value is -2.17. The maximum absolute atomic E-state index is 12.7. The van der Waals surface area contributed by atoms with Gasteiger partial charge in [-0.05, 0) is 37.3 Å². The van der Waals surface area contributed by atoms with Crippen LogP contribution in [0.4, 0.5) is 5.69 Å². The number of H-pyrrole nitrogens is 1. The Balaban J connectivity index is 1.89. The number of aromatic amines is 1. The summed E-state index contributed by atoms with van der Waals surface area (Å²) in [6, 6.07) is 8.11. The second-order valence-electron chi connectivity index (χ2n) is 5.40. The monoisotopic (exact) mass is 284 g/mol. The topological polar surface area (TPSA) is 61.9 Å². The Bertz CT molecular complexity index is 635. The molecule has 1 aliphatic heterocycles. The van der Waals surface area contributed by atoms with Gasteiger partial charge in [0, 0.05) is 18.7 Å². The van der Waals surface area contributed by atoms with Crippen LogP contribution < -0.4 is 4.90 Å². The second kappa shape index (κ2) is 6.08. The lowest BCUT2D eigenvalue weighted by atomic mass is 10.1. The molecular weight excluding hydrogens is 264 g/mol. The minimum Gasteiger partial charge on any atom is -0.305 e. The molecule has 1 aromatic carbocycles. The van der Waals surface area contributed by atoms with Crippen molar-refractivity contribution in [3.05, 3.63) is 41.5 Å². The van der Waals surface area contributed by atoms with Gasteiger partial charge in [-0.1, -0.05) is 25.1 Å². The lowest BCUT2D eigenvalue weighted by molar-refractivity contribution is 0.0977. The highest BCUT2D eigenvalue weighted by Gasteiger charge is 2.24. The minimum absolute atomic E-state index is 0.108. The van der Waals surface area contributed by atoms with Crippen molar-refractivity contribution in [2.24, 2.45) is 0 Å². The van der Waals surface area contributed by atoms with Crippen molar-refractivity contribution in [3.8, 4) is 0 Å². The number of amides is 1. The number of hydrogen-bond donors (Lipinski definition) is 1. The van der Waals surface area contributed by atoms with Gasteiger partial charge in [-0.3, -0.25) is 9.89 Å². The molecule has 1 aromatic heterocycles. The van der Waals surface area contributed by atoms with E-state index in [9.17, 15) is 4.79 Å². The van der Waals surface area contributed by atoms with E-state index in [2.05, 4.69) is 28.2 Å². The van der Waals surface area contributed by atoms with Gasteiger partial charge in [-0.2, -0.15) is 0 Å². The molecule has 1 N–H and O–H groups in total. The highest BCUT2D eigenvalue weighted by atomic mass is 16.2. The van der Waals surface area contributed by atoms with E-state index in [-0.39, 0.29) is 11.7 Å². The molecule has 0 radical (unpaired) electrons. The van der Waals surface area contributed by atoms with E-state index in [4.69, 9.17) is 0 Å². The molecule has 0 unspecified atom stereocenters. The lowest BCUT2D eigenvalue weighted by Gasteiger charge is -2.21. The first-order valence-corrected chi connectivity index (χ1v) is 7.60. The number of aryl methyl sites for hydroxylation is 2. The summed E-state index contributed by atoms with van der Waals surface area (Å²) in [4.78, 5) is 18.9. The molecule has 2 aromatic rings. The van der Waals surface area contributed by atoms with Crippen molar-refractivity contribution in [1.29, 1.82) is 0 Å². The molecule has 0 fully saturated rings. The van der Waals surface area contributed by atoms with Crippen molar-refractivity contribution in [2.75, 3.05) is 11.4 Å². The summed E-state index contributed by atoms with van der Waals surface area (Å²) in [7, 11) is 0. The van der Waals surface area contributed by atoms with Crippen LogP contribution in [0, 0.1) is 0 Å². The van der Waals surface area contributed by atoms with Gasteiger partial charge in [0.25, 0.3) is 5.91 Å². The predicted molar refractivity (Wildman–Crippen MR) is 81.4 cm³/mol. The zero-order chi connectivity index (χ0) is 14.7. The zero-order valence-electron chi connectivity index (χ0n) is 12.3. The van der Waals surface area contributed by atoms with Crippen LogP contribution in [0.2, 0.25) is 0 Å². The number of carbonyl (C=O) groups is 1. The Labute approximate surface area is 124 Å². The van der Waals surface area contributed by atoms with Crippen molar-refractivity contribution in [3.63, 3.8) is 0 Å². The standard InChI is InChI=1S/C16H20N4O/c1-2-7-14-17-15(19-18-14)16(21)20-11-6-5-9-12-8-3-4-10-13(12)20/h3-4,8,10H,2,5-7,9,11H2,1H3,(H,17,18,19). The van der Waals surface area contributed by atoms with E-state index >= 15 is 0 Å². The highest BCUT2D eigenvalue weighted by Crippen LogP contribution is 2.26. The average Bonchev–Trinajstić information content (AvgIpc) is 2.86. The normalized spacial score (nSPS) is 14.6. The van der Waals surface area contributed by atoms with E-state index in [1.165, 1.54) is 5.56 Å². The van der Waals surface area contributed by atoms with Crippen LogP contribution in [0.5, 0.6) is 0 Å². The van der Waals surface area contributed by atoms with E-state index in [0.29, 0.717) is 0 Å². The SMILES string of the molecule is CCCc1nc(C(=O)N2CCCCc3ccccc32)n[nH]1. The number of carbonyl (C=O) groups excluding carboxylic acids is 1. The van der Waals surface area contributed by atoms with Crippen LogP contribution in [0.25, 0.3) is 0 Å². The molecule has 0 saturated heterocycles. The molecule has 0 aliphatic carbocycles. The van der Waals surface area contributed by atoms with Gasteiger partial charge < -0.3 is 4.90 Å². The molecule has 110 valence electrons. The summed E-state index contributed by atoms with van der Waals surface area (Å²) in [5.41, 5.74) is 2.23. The lowest BCUT2D eigenvalue weighted by Crippen LogP contribution is -2.32. The first-order valence-electron chi connectivity index (χ1n) is 7.60. The number of nitrogens with zero attached hydrogens (tertiary/aromatic N) is 3. The molecule has 5 heteroatoms. The number of benzene rings is 1. The fraction of sp³-hybridized carbons (Fsp3) is 0.438. The van der Waals surface area contributed by atoms with Gasteiger partial charge in [0.15, 0.2) is 0 Å². The van der Waals surface area contributed by atoms with Crippen LogP contribution in [-0.2, 0) is 12.8 Å². The molecular formula is C16H20N4O. The number of hydrogen-bond acceptors (Lipinski definition) is 3. The number of nitrogens with one attached hydrogen (secondary N) is 1. The molecule has 0 spiro atoms. The Morgan fingerprint density at radius 1 is 1.33 bits per heavy atom. The predicted octanol–water partition coefficient (Wildman–Crippen LogP) is 2.74. The molecule has 0 bridgehead atoms. The summed E-state index contributed by atoms with van der Waals surface area (Å²) in [6.07, 6.45) is 4.93. The maximum Gasteiger partial charge on any atom is 0.297 e. The number of anilines is 1. The van der Waals surface area contributed by atoms with Crippen molar-refractivity contribution < 1.29 is 4.79 Å². The second-order valence-corrected chi connectivity index (χ2v) is 5.40. The third-order valence-electron chi connectivity index (χ3n) is 3.82. The Morgan fingerprint density at radius 3 is 3.05 bits per heavy atom. The smallest absolute Gasteiger partial charge is 0.297 e. The van der Waals surface area contributed by atoms with E-state index in [0.717, 1.165) is 50.2 Å². The molecule has 5 nitrogen and oxygen atoms in total. The first-order chi connectivity index (χ1) is 10.3. The Kier molecular flexibility index (Phi) is 3.99. The summed E-state index contributed by atoms with van der Waals surface area (Å²) in [6.45, 7) is 2.81. The first kappa shape index (κ1) is 13.8. The van der Waals surface area contributed by atoms with Gasteiger partial charge in [0.1, 0.15) is 5.82 Å². The summed E-state index contributed by atoms with van der Waals surface area (Å²) >= 11 is 0. The fourth-order valence-electron chi connectivity index (χ4n) is 2.76. The molecule has 21 heavy (non-hydrogen) atoms. The third kappa shape index (κ3) is 2.82. The fourth-order valence-corrected chi connectivity index (χ4v) is 2.76. The van der Waals surface area contributed by atoms with E-state index in [1.807, 2.05) is 23.1 Å².